The van der Waals surface area contributed by atoms with Gasteiger partial charge in [-0.05, 0) is 58.1 Å². The van der Waals surface area contributed by atoms with Gasteiger partial charge < -0.3 is 9.31 Å². The fourth-order valence-electron chi connectivity index (χ4n) is 1.89. The molecule has 0 aliphatic carbocycles. The van der Waals surface area contributed by atoms with Crippen molar-refractivity contribution in [3.63, 3.8) is 0 Å². The minimum atomic E-state index is -0.267. The molecule has 0 amide bonds. The summed E-state index contributed by atoms with van der Waals surface area (Å²) < 4.78 is 12.0. The van der Waals surface area contributed by atoms with E-state index in [1.165, 1.54) is 11.1 Å². The third kappa shape index (κ3) is 2.14. The molecule has 1 heterocycles. The van der Waals surface area contributed by atoms with Crippen molar-refractivity contribution in [2.45, 2.75) is 52.7 Å². The second-order valence-electron chi connectivity index (χ2n) is 5.93. The Balaban J connectivity index is 2.29. The van der Waals surface area contributed by atoms with Crippen LogP contribution in [0.1, 0.15) is 38.8 Å². The topological polar surface area (TPSA) is 18.5 Å². The van der Waals surface area contributed by atoms with E-state index in [2.05, 4.69) is 59.7 Å². The summed E-state index contributed by atoms with van der Waals surface area (Å²) in [6.45, 7) is 12.5. The quantitative estimate of drug-likeness (QED) is 0.693. The van der Waals surface area contributed by atoms with Gasteiger partial charge in [0.15, 0.2) is 0 Å². The lowest BCUT2D eigenvalue weighted by Gasteiger charge is -2.32. The van der Waals surface area contributed by atoms with Crippen LogP contribution in [0.5, 0.6) is 0 Å². The fourth-order valence-corrected chi connectivity index (χ4v) is 1.89. The van der Waals surface area contributed by atoms with Crippen LogP contribution in [0.15, 0.2) is 18.2 Å². The van der Waals surface area contributed by atoms with E-state index in [4.69, 9.17) is 9.31 Å². The largest absolute Gasteiger partial charge is 0.494 e. The van der Waals surface area contributed by atoms with Crippen molar-refractivity contribution in [1.82, 2.24) is 0 Å². The van der Waals surface area contributed by atoms with Crippen LogP contribution in [0.2, 0.25) is 0 Å². The van der Waals surface area contributed by atoms with E-state index in [-0.39, 0.29) is 18.3 Å². The SMILES string of the molecule is Cc1ccc(B2OC(C)(C)C(C)(C)O2)cc1C. The zero-order valence-electron chi connectivity index (χ0n) is 11.6. The average Bonchev–Trinajstić information content (AvgIpc) is 2.41. The first-order valence-corrected chi connectivity index (χ1v) is 6.16. The predicted molar refractivity (Wildman–Crippen MR) is 71.6 cm³/mol. The Morgan fingerprint density at radius 2 is 1.41 bits per heavy atom. The molecule has 0 saturated carbocycles. The van der Waals surface area contributed by atoms with Gasteiger partial charge in [-0.3, -0.25) is 0 Å². The van der Waals surface area contributed by atoms with Gasteiger partial charge in [0.1, 0.15) is 0 Å². The van der Waals surface area contributed by atoms with Gasteiger partial charge in [0, 0.05) is 0 Å². The van der Waals surface area contributed by atoms with Crippen molar-refractivity contribution < 1.29 is 9.31 Å². The van der Waals surface area contributed by atoms with E-state index in [0.29, 0.717) is 0 Å². The molecule has 1 aliphatic heterocycles. The molecule has 0 bridgehead atoms. The molecular weight excluding hydrogens is 211 g/mol. The maximum absolute atomic E-state index is 6.02. The molecule has 0 aromatic heterocycles. The van der Waals surface area contributed by atoms with E-state index < -0.39 is 0 Å². The van der Waals surface area contributed by atoms with E-state index in [1.807, 2.05) is 0 Å². The van der Waals surface area contributed by atoms with Crippen LogP contribution in [0.25, 0.3) is 0 Å². The molecule has 0 N–H and O–H groups in total. The van der Waals surface area contributed by atoms with E-state index in [1.54, 1.807) is 0 Å². The molecule has 3 heteroatoms. The predicted octanol–water partition coefficient (Wildman–Crippen LogP) is 2.60. The first-order valence-electron chi connectivity index (χ1n) is 6.16. The third-order valence-corrected chi connectivity index (χ3v) is 4.06. The highest BCUT2D eigenvalue weighted by Gasteiger charge is 2.51. The standard InChI is InChI=1S/C14H21BO2/c1-10-7-8-12(9-11(10)2)15-16-13(3,4)14(5,6)17-15/h7-9H,1-6H3. The molecule has 2 nitrogen and oxygen atoms in total. The van der Waals surface area contributed by atoms with E-state index in [0.717, 1.165) is 5.46 Å². The van der Waals surface area contributed by atoms with Crippen LogP contribution in [0.3, 0.4) is 0 Å². The first kappa shape index (κ1) is 12.7. The van der Waals surface area contributed by atoms with Crippen molar-refractivity contribution in [1.29, 1.82) is 0 Å². The van der Waals surface area contributed by atoms with Crippen LogP contribution < -0.4 is 5.46 Å². The number of aryl methyl sites for hydroxylation is 2. The molecule has 0 unspecified atom stereocenters. The monoisotopic (exact) mass is 232 g/mol. The number of hydrogen-bond acceptors (Lipinski definition) is 2. The summed E-state index contributed by atoms with van der Waals surface area (Å²) in [6.07, 6.45) is 0. The van der Waals surface area contributed by atoms with Gasteiger partial charge in [-0.2, -0.15) is 0 Å². The molecule has 17 heavy (non-hydrogen) atoms. The highest BCUT2D eigenvalue weighted by atomic mass is 16.7. The summed E-state index contributed by atoms with van der Waals surface area (Å²) in [4.78, 5) is 0. The lowest BCUT2D eigenvalue weighted by Crippen LogP contribution is -2.41. The Labute approximate surface area is 104 Å². The summed E-state index contributed by atoms with van der Waals surface area (Å²) in [7, 11) is -0.251. The van der Waals surface area contributed by atoms with Gasteiger partial charge >= 0.3 is 7.12 Å². The van der Waals surface area contributed by atoms with Gasteiger partial charge in [-0.1, -0.05) is 18.2 Å². The number of hydrogen-bond donors (Lipinski definition) is 0. The summed E-state index contributed by atoms with van der Waals surface area (Å²) in [5, 5.41) is 0. The second-order valence-corrected chi connectivity index (χ2v) is 5.93. The summed E-state index contributed by atoms with van der Waals surface area (Å²) in [6, 6.07) is 6.36. The first-order chi connectivity index (χ1) is 7.73. The van der Waals surface area contributed by atoms with Crippen molar-refractivity contribution in [2.75, 3.05) is 0 Å². The smallest absolute Gasteiger partial charge is 0.399 e. The molecule has 0 spiro atoms. The molecule has 1 fully saturated rings. The van der Waals surface area contributed by atoms with Crippen molar-refractivity contribution in [2.24, 2.45) is 0 Å². The number of benzene rings is 1. The highest BCUT2D eigenvalue weighted by molar-refractivity contribution is 6.62. The van der Waals surface area contributed by atoms with Gasteiger partial charge in [0.25, 0.3) is 0 Å². The number of rotatable bonds is 1. The van der Waals surface area contributed by atoms with E-state index >= 15 is 0 Å². The maximum Gasteiger partial charge on any atom is 0.494 e. The normalized spacial score (nSPS) is 21.9. The lowest BCUT2D eigenvalue weighted by atomic mass is 9.78. The molecule has 92 valence electrons. The molecule has 2 rings (SSSR count). The average molecular weight is 232 g/mol. The minimum Gasteiger partial charge on any atom is -0.399 e. The van der Waals surface area contributed by atoms with Crippen LogP contribution in [0, 0.1) is 13.8 Å². The third-order valence-electron chi connectivity index (χ3n) is 4.06. The molecule has 1 saturated heterocycles. The highest BCUT2D eigenvalue weighted by Crippen LogP contribution is 2.36. The Hall–Kier alpha value is -0.795. The Morgan fingerprint density at radius 1 is 0.882 bits per heavy atom. The molecule has 1 aromatic rings. The fraction of sp³-hybridized carbons (Fsp3) is 0.571. The van der Waals surface area contributed by atoms with Crippen molar-refractivity contribution in [3.8, 4) is 0 Å². The molecule has 1 aliphatic rings. The second kappa shape index (κ2) is 3.86. The molecule has 1 aromatic carbocycles. The van der Waals surface area contributed by atoms with Crippen molar-refractivity contribution >= 4 is 12.6 Å². The molecule has 0 atom stereocenters. The summed E-state index contributed by atoms with van der Waals surface area (Å²) >= 11 is 0. The minimum absolute atomic E-state index is 0.251. The Bertz CT molecular complexity index is 422. The molecule has 0 radical (unpaired) electrons. The van der Waals surface area contributed by atoms with E-state index in [9.17, 15) is 0 Å². The summed E-state index contributed by atoms with van der Waals surface area (Å²) in [5.74, 6) is 0. The zero-order valence-corrected chi connectivity index (χ0v) is 11.6. The van der Waals surface area contributed by atoms with Gasteiger partial charge in [-0.15, -0.1) is 0 Å². The van der Waals surface area contributed by atoms with Crippen LogP contribution in [-0.4, -0.2) is 18.3 Å². The van der Waals surface area contributed by atoms with Gasteiger partial charge in [-0.25, -0.2) is 0 Å². The van der Waals surface area contributed by atoms with Gasteiger partial charge in [0.05, 0.1) is 11.2 Å². The van der Waals surface area contributed by atoms with Crippen LogP contribution >= 0.6 is 0 Å². The van der Waals surface area contributed by atoms with Crippen LogP contribution in [0.4, 0.5) is 0 Å². The van der Waals surface area contributed by atoms with Gasteiger partial charge in [0.2, 0.25) is 0 Å². The van der Waals surface area contributed by atoms with Crippen LogP contribution in [-0.2, 0) is 9.31 Å². The zero-order chi connectivity index (χ0) is 12.8. The Morgan fingerprint density at radius 3 is 1.88 bits per heavy atom. The Kier molecular flexibility index (Phi) is 2.87. The summed E-state index contributed by atoms with van der Waals surface area (Å²) in [5.41, 5.74) is 3.14. The lowest BCUT2D eigenvalue weighted by molar-refractivity contribution is 0.00578. The van der Waals surface area contributed by atoms with Crippen molar-refractivity contribution in [3.05, 3.63) is 29.3 Å². The molecular formula is C14H21BO2. The maximum atomic E-state index is 6.02.